The van der Waals surface area contributed by atoms with Gasteiger partial charge in [0.15, 0.2) is 0 Å². The molecule has 5 heteroatoms. The van der Waals surface area contributed by atoms with Crippen molar-refractivity contribution in [3.05, 3.63) is 34.7 Å². The highest BCUT2D eigenvalue weighted by Gasteiger charge is 2.19. The molecule has 0 spiro atoms. The Hall–Kier alpha value is -1.00. The van der Waals surface area contributed by atoms with E-state index in [9.17, 15) is 8.42 Å². The smallest absolute Gasteiger partial charge is 0.260 e. The topological polar surface area (TPSA) is 43.4 Å². The van der Waals surface area contributed by atoms with Crippen LogP contribution in [0.3, 0.4) is 0 Å². The molecule has 1 aliphatic rings. The van der Waals surface area contributed by atoms with Gasteiger partial charge in [-0.2, -0.15) is 0 Å². The first-order valence-electron chi connectivity index (χ1n) is 3.94. The van der Waals surface area contributed by atoms with Gasteiger partial charge in [-0.15, -0.1) is 0 Å². The van der Waals surface area contributed by atoms with Gasteiger partial charge in [0.1, 0.15) is 12.4 Å². The molecule has 0 atom stereocenters. The van der Waals surface area contributed by atoms with Crippen molar-refractivity contribution in [2.45, 2.75) is 0 Å². The predicted octanol–water partition coefficient (Wildman–Crippen LogP) is 1.99. The van der Waals surface area contributed by atoms with Crippen molar-refractivity contribution in [1.29, 1.82) is 0 Å². The molecule has 0 saturated heterocycles. The average Bonchev–Trinajstić information content (AvgIpc) is 2.16. The molecule has 1 aromatic rings. The van der Waals surface area contributed by atoms with Crippen LogP contribution in [-0.2, 0) is 9.05 Å². The zero-order chi connectivity index (χ0) is 10.2. The zero-order valence-corrected chi connectivity index (χ0v) is 8.68. The summed E-state index contributed by atoms with van der Waals surface area (Å²) in [7, 11) is 1.54. The second-order valence-electron chi connectivity index (χ2n) is 2.87. The van der Waals surface area contributed by atoms with E-state index in [0.29, 0.717) is 5.75 Å². The third-order valence-electron chi connectivity index (χ3n) is 1.92. The molecular formula is C9H7ClO3S. The zero-order valence-electron chi connectivity index (χ0n) is 7.10. The van der Waals surface area contributed by atoms with E-state index >= 15 is 0 Å². The molecule has 14 heavy (non-hydrogen) atoms. The molecule has 1 heterocycles. The normalized spacial score (nSPS) is 15.4. The van der Waals surface area contributed by atoms with Gasteiger partial charge in [0.2, 0.25) is 0 Å². The van der Waals surface area contributed by atoms with Crippen LogP contribution in [-0.4, -0.2) is 15.0 Å². The van der Waals surface area contributed by atoms with Crippen LogP contribution in [0.15, 0.2) is 29.2 Å². The second kappa shape index (κ2) is 3.29. The molecule has 0 saturated carbocycles. The average molecular weight is 231 g/mol. The largest absolute Gasteiger partial charge is 0.488 e. The highest BCUT2D eigenvalue weighted by atomic mass is 35.7. The molecule has 1 aliphatic heterocycles. The molecule has 0 fully saturated rings. The minimum Gasteiger partial charge on any atom is -0.488 e. The van der Waals surface area contributed by atoms with Crippen LogP contribution in [0.4, 0.5) is 0 Å². The number of hydrogen-bond acceptors (Lipinski definition) is 3. The molecule has 0 aliphatic carbocycles. The van der Waals surface area contributed by atoms with Crippen molar-refractivity contribution in [1.82, 2.24) is 0 Å². The van der Waals surface area contributed by atoms with Crippen molar-refractivity contribution < 1.29 is 13.2 Å². The molecule has 0 N–H and O–H groups in total. The SMILES string of the molecule is O=S(=O)(Cl)C1=Cc2ccccc2OC1. The van der Waals surface area contributed by atoms with Crippen molar-refractivity contribution >= 4 is 25.8 Å². The van der Waals surface area contributed by atoms with Gasteiger partial charge in [-0.25, -0.2) is 8.42 Å². The highest BCUT2D eigenvalue weighted by molar-refractivity contribution is 8.17. The van der Waals surface area contributed by atoms with E-state index in [1.165, 1.54) is 6.08 Å². The maximum absolute atomic E-state index is 11.0. The lowest BCUT2D eigenvalue weighted by atomic mass is 10.1. The number of para-hydroxylation sites is 1. The summed E-state index contributed by atoms with van der Waals surface area (Å²) in [6.45, 7) is 0.00282. The fourth-order valence-electron chi connectivity index (χ4n) is 1.24. The Morgan fingerprint density at radius 3 is 2.71 bits per heavy atom. The minimum absolute atomic E-state index is 0.00282. The monoisotopic (exact) mass is 230 g/mol. The quantitative estimate of drug-likeness (QED) is 0.693. The summed E-state index contributed by atoms with van der Waals surface area (Å²) in [5.41, 5.74) is 0.734. The van der Waals surface area contributed by atoms with Gasteiger partial charge < -0.3 is 4.74 Å². The van der Waals surface area contributed by atoms with Crippen LogP contribution in [0.25, 0.3) is 6.08 Å². The molecule has 1 aromatic carbocycles. The standard InChI is InChI=1S/C9H7ClO3S/c10-14(11,12)8-5-7-3-1-2-4-9(7)13-6-8/h1-5H,6H2. The number of fused-ring (bicyclic) bond motifs is 1. The van der Waals surface area contributed by atoms with E-state index in [1.807, 2.05) is 12.1 Å². The molecule has 3 nitrogen and oxygen atoms in total. The Bertz CT molecular complexity index is 491. The Labute approximate surface area is 86.4 Å². The number of benzene rings is 1. The van der Waals surface area contributed by atoms with Gasteiger partial charge >= 0.3 is 0 Å². The summed E-state index contributed by atoms with van der Waals surface area (Å²) in [5.74, 6) is 0.677. The van der Waals surface area contributed by atoms with Crippen molar-refractivity contribution in [3.63, 3.8) is 0 Å². The van der Waals surface area contributed by atoms with Gasteiger partial charge in [0.25, 0.3) is 9.05 Å². The fourth-order valence-corrected chi connectivity index (χ4v) is 1.97. The number of halogens is 1. The Kier molecular flexibility index (Phi) is 2.25. The van der Waals surface area contributed by atoms with E-state index in [1.54, 1.807) is 12.1 Å². The number of rotatable bonds is 1. The third kappa shape index (κ3) is 1.76. The predicted molar refractivity (Wildman–Crippen MR) is 54.7 cm³/mol. The fraction of sp³-hybridized carbons (Fsp3) is 0.111. The molecule has 2 rings (SSSR count). The van der Waals surface area contributed by atoms with Crippen LogP contribution in [0.1, 0.15) is 5.56 Å². The first-order chi connectivity index (χ1) is 6.57. The molecule has 0 radical (unpaired) electrons. The molecule has 0 unspecified atom stereocenters. The maximum Gasteiger partial charge on any atom is 0.260 e. The van der Waals surface area contributed by atoms with Crippen molar-refractivity contribution in [2.75, 3.05) is 6.61 Å². The lowest BCUT2D eigenvalue weighted by Crippen LogP contribution is -2.11. The lowest BCUT2D eigenvalue weighted by Gasteiger charge is -2.15. The Morgan fingerprint density at radius 2 is 2.00 bits per heavy atom. The Morgan fingerprint density at radius 1 is 1.29 bits per heavy atom. The van der Waals surface area contributed by atoms with Gasteiger partial charge in [0.05, 0.1) is 4.91 Å². The van der Waals surface area contributed by atoms with E-state index in [-0.39, 0.29) is 11.5 Å². The van der Waals surface area contributed by atoms with Crippen LogP contribution in [0.5, 0.6) is 5.75 Å². The molecule has 74 valence electrons. The van der Waals surface area contributed by atoms with Crippen LogP contribution in [0.2, 0.25) is 0 Å². The van der Waals surface area contributed by atoms with Crippen LogP contribution >= 0.6 is 10.7 Å². The number of hydrogen-bond donors (Lipinski definition) is 0. The van der Waals surface area contributed by atoms with Gasteiger partial charge in [-0.1, -0.05) is 18.2 Å². The highest BCUT2D eigenvalue weighted by Crippen LogP contribution is 2.28. The summed E-state index contributed by atoms with van der Waals surface area (Å²) < 4.78 is 27.3. The molecule has 0 bridgehead atoms. The van der Waals surface area contributed by atoms with E-state index in [0.717, 1.165) is 5.56 Å². The molecular weight excluding hydrogens is 224 g/mol. The maximum atomic E-state index is 11.0. The first-order valence-corrected chi connectivity index (χ1v) is 6.25. The Balaban J connectivity index is 2.51. The van der Waals surface area contributed by atoms with Gasteiger partial charge in [0, 0.05) is 16.2 Å². The van der Waals surface area contributed by atoms with E-state index in [4.69, 9.17) is 15.4 Å². The van der Waals surface area contributed by atoms with Gasteiger partial charge in [-0.05, 0) is 12.1 Å². The minimum atomic E-state index is -3.66. The summed E-state index contributed by atoms with van der Waals surface area (Å²) in [4.78, 5) is 0.0952. The van der Waals surface area contributed by atoms with Crippen LogP contribution < -0.4 is 4.74 Å². The summed E-state index contributed by atoms with van der Waals surface area (Å²) in [5, 5.41) is 0. The second-order valence-corrected chi connectivity index (χ2v) is 5.49. The summed E-state index contributed by atoms with van der Waals surface area (Å²) in [6, 6.07) is 7.19. The van der Waals surface area contributed by atoms with E-state index in [2.05, 4.69) is 0 Å². The van der Waals surface area contributed by atoms with Gasteiger partial charge in [-0.3, -0.25) is 0 Å². The van der Waals surface area contributed by atoms with E-state index < -0.39 is 9.05 Å². The van der Waals surface area contributed by atoms with Crippen molar-refractivity contribution in [2.24, 2.45) is 0 Å². The summed E-state index contributed by atoms with van der Waals surface area (Å²) >= 11 is 0. The number of ether oxygens (including phenoxy) is 1. The molecule has 0 amide bonds. The summed E-state index contributed by atoms with van der Waals surface area (Å²) in [6.07, 6.45) is 1.53. The third-order valence-corrected chi connectivity index (χ3v) is 3.38. The lowest BCUT2D eigenvalue weighted by molar-refractivity contribution is 0.354. The molecule has 0 aromatic heterocycles. The van der Waals surface area contributed by atoms with Crippen LogP contribution in [0, 0.1) is 0 Å². The first kappa shape index (κ1) is 9.55. The van der Waals surface area contributed by atoms with Crippen molar-refractivity contribution in [3.8, 4) is 5.75 Å².